The average Bonchev–Trinajstić information content (AvgIpc) is 2.97. The summed E-state index contributed by atoms with van der Waals surface area (Å²) >= 11 is 0. The molecule has 1 aliphatic heterocycles. The van der Waals surface area contributed by atoms with Gasteiger partial charge < -0.3 is 14.6 Å². The molecule has 130 valence electrons. The Balaban J connectivity index is 1.38. The van der Waals surface area contributed by atoms with E-state index < -0.39 is 0 Å². The molecule has 1 saturated heterocycles. The third-order valence-electron chi connectivity index (χ3n) is 4.78. The molecule has 2 heterocycles. The smallest absolute Gasteiger partial charge is 0.287 e. The van der Waals surface area contributed by atoms with Crippen LogP contribution >= 0.6 is 0 Å². The molecule has 0 bridgehead atoms. The van der Waals surface area contributed by atoms with Crippen LogP contribution in [-0.2, 0) is 0 Å². The standard InChI is InChI=1S/C20H28N2O2/c1-15-11-16(2)14-22(13-15)10-6-5-9-21-20(23)19-12-17-7-3-4-8-18(17)24-19/h3-4,7-8,12,15-16H,5-6,9-11,13-14H2,1-2H3,(H,21,23)/t15-,16-/m0/s1. The molecule has 24 heavy (non-hydrogen) atoms. The van der Waals surface area contributed by atoms with Crippen molar-refractivity contribution >= 4 is 16.9 Å². The van der Waals surface area contributed by atoms with E-state index in [0.29, 0.717) is 12.3 Å². The van der Waals surface area contributed by atoms with E-state index in [1.165, 1.54) is 19.5 Å². The number of para-hydroxylation sites is 1. The van der Waals surface area contributed by atoms with Crippen molar-refractivity contribution in [2.75, 3.05) is 26.2 Å². The molecule has 4 heteroatoms. The Morgan fingerprint density at radius 3 is 2.71 bits per heavy atom. The van der Waals surface area contributed by atoms with Crippen LogP contribution in [0.1, 0.15) is 43.7 Å². The molecule has 0 radical (unpaired) electrons. The number of fused-ring (bicyclic) bond motifs is 1. The number of nitrogens with one attached hydrogen (secondary N) is 1. The summed E-state index contributed by atoms with van der Waals surface area (Å²) in [6.45, 7) is 8.96. The van der Waals surface area contributed by atoms with Gasteiger partial charge in [-0.05, 0) is 49.8 Å². The highest BCUT2D eigenvalue weighted by Crippen LogP contribution is 2.21. The number of likely N-dealkylation sites (tertiary alicyclic amines) is 1. The van der Waals surface area contributed by atoms with Gasteiger partial charge in [0.1, 0.15) is 5.58 Å². The Bertz CT molecular complexity index is 636. The van der Waals surface area contributed by atoms with Crippen molar-refractivity contribution in [3.8, 4) is 0 Å². The maximum absolute atomic E-state index is 12.1. The van der Waals surface area contributed by atoms with Gasteiger partial charge in [-0.15, -0.1) is 0 Å². The van der Waals surface area contributed by atoms with Crippen LogP contribution in [0.15, 0.2) is 34.7 Å². The van der Waals surface area contributed by atoms with Crippen molar-refractivity contribution in [1.82, 2.24) is 10.2 Å². The van der Waals surface area contributed by atoms with Crippen LogP contribution in [-0.4, -0.2) is 37.0 Å². The number of benzene rings is 1. The van der Waals surface area contributed by atoms with Crippen LogP contribution in [0.25, 0.3) is 11.0 Å². The van der Waals surface area contributed by atoms with Crippen LogP contribution in [0.2, 0.25) is 0 Å². The summed E-state index contributed by atoms with van der Waals surface area (Å²) in [6, 6.07) is 9.50. The molecule has 1 aromatic carbocycles. The molecule has 2 atom stereocenters. The third kappa shape index (κ3) is 4.38. The fourth-order valence-electron chi connectivity index (χ4n) is 3.82. The molecule has 2 aromatic rings. The van der Waals surface area contributed by atoms with E-state index in [0.717, 1.165) is 42.2 Å². The molecule has 4 nitrogen and oxygen atoms in total. The van der Waals surface area contributed by atoms with Crippen molar-refractivity contribution < 1.29 is 9.21 Å². The molecule has 1 aliphatic rings. The lowest BCUT2D eigenvalue weighted by molar-refractivity contribution is 0.0926. The second kappa shape index (κ2) is 7.84. The number of rotatable bonds is 6. The highest BCUT2D eigenvalue weighted by molar-refractivity contribution is 5.95. The van der Waals surface area contributed by atoms with Gasteiger partial charge in [-0.25, -0.2) is 0 Å². The summed E-state index contributed by atoms with van der Waals surface area (Å²) in [4.78, 5) is 14.7. The highest BCUT2D eigenvalue weighted by Gasteiger charge is 2.21. The zero-order valence-corrected chi connectivity index (χ0v) is 14.8. The molecule has 1 aromatic heterocycles. The summed E-state index contributed by atoms with van der Waals surface area (Å²) in [5, 5.41) is 3.93. The van der Waals surface area contributed by atoms with Gasteiger partial charge in [0.05, 0.1) is 0 Å². The summed E-state index contributed by atoms with van der Waals surface area (Å²) in [6.07, 6.45) is 3.48. The van der Waals surface area contributed by atoms with Crippen molar-refractivity contribution in [3.63, 3.8) is 0 Å². The van der Waals surface area contributed by atoms with Gasteiger partial charge in [-0.3, -0.25) is 4.79 Å². The Kier molecular flexibility index (Phi) is 5.56. The first-order chi connectivity index (χ1) is 11.6. The first-order valence-corrected chi connectivity index (χ1v) is 9.11. The number of carbonyl (C=O) groups excluding carboxylic acids is 1. The van der Waals surface area contributed by atoms with E-state index in [1.807, 2.05) is 24.3 Å². The second-order valence-electron chi connectivity index (χ2n) is 7.32. The fraction of sp³-hybridized carbons (Fsp3) is 0.550. The quantitative estimate of drug-likeness (QED) is 0.818. The minimum absolute atomic E-state index is 0.119. The van der Waals surface area contributed by atoms with Crippen LogP contribution in [0.3, 0.4) is 0 Å². The second-order valence-corrected chi connectivity index (χ2v) is 7.32. The monoisotopic (exact) mass is 328 g/mol. The molecule has 1 fully saturated rings. The van der Waals surface area contributed by atoms with Crippen LogP contribution in [0, 0.1) is 11.8 Å². The summed E-state index contributed by atoms with van der Waals surface area (Å²) in [7, 11) is 0. The van der Waals surface area contributed by atoms with E-state index in [2.05, 4.69) is 24.1 Å². The molecular formula is C20H28N2O2. The number of furan rings is 1. The lowest BCUT2D eigenvalue weighted by Gasteiger charge is -2.34. The number of unbranched alkanes of at least 4 members (excludes halogenated alkanes) is 1. The topological polar surface area (TPSA) is 45.5 Å². The minimum atomic E-state index is -0.119. The average molecular weight is 328 g/mol. The minimum Gasteiger partial charge on any atom is -0.451 e. The first-order valence-electron chi connectivity index (χ1n) is 9.11. The summed E-state index contributed by atoms with van der Waals surface area (Å²) in [5.41, 5.74) is 0.760. The molecule has 0 spiro atoms. The van der Waals surface area contributed by atoms with Gasteiger partial charge in [0, 0.05) is 25.0 Å². The third-order valence-corrected chi connectivity index (χ3v) is 4.78. The van der Waals surface area contributed by atoms with Gasteiger partial charge in [-0.2, -0.15) is 0 Å². The fourth-order valence-corrected chi connectivity index (χ4v) is 3.82. The number of hydrogen-bond acceptors (Lipinski definition) is 3. The van der Waals surface area contributed by atoms with E-state index in [4.69, 9.17) is 4.42 Å². The number of piperidine rings is 1. The number of nitrogens with zero attached hydrogens (tertiary/aromatic N) is 1. The molecule has 1 amide bonds. The Labute approximate surface area is 144 Å². The summed E-state index contributed by atoms with van der Waals surface area (Å²) < 4.78 is 5.59. The number of carbonyl (C=O) groups is 1. The van der Waals surface area contributed by atoms with Gasteiger partial charge in [0.25, 0.3) is 5.91 Å². The van der Waals surface area contributed by atoms with E-state index in [1.54, 1.807) is 6.07 Å². The number of hydrogen-bond donors (Lipinski definition) is 1. The SMILES string of the molecule is C[C@H]1C[C@H](C)CN(CCCCNC(=O)c2cc3ccccc3o2)C1. The highest BCUT2D eigenvalue weighted by atomic mass is 16.3. The molecule has 1 N–H and O–H groups in total. The Morgan fingerprint density at radius 1 is 1.21 bits per heavy atom. The predicted molar refractivity (Wildman–Crippen MR) is 97.2 cm³/mol. The molecular weight excluding hydrogens is 300 g/mol. The first kappa shape index (κ1) is 17.0. The van der Waals surface area contributed by atoms with Crippen LogP contribution in [0.5, 0.6) is 0 Å². The normalized spacial score (nSPS) is 21.9. The van der Waals surface area contributed by atoms with E-state index in [9.17, 15) is 4.79 Å². The predicted octanol–water partition coefficient (Wildman–Crippen LogP) is 3.92. The van der Waals surface area contributed by atoms with Crippen LogP contribution < -0.4 is 5.32 Å². The van der Waals surface area contributed by atoms with Crippen molar-refractivity contribution in [2.24, 2.45) is 11.8 Å². The van der Waals surface area contributed by atoms with Gasteiger partial charge >= 0.3 is 0 Å². The van der Waals surface area contributed by atoms with Crippen molar-refractivity contribution in [1.29, 1.82) is 0 Å². The van der Waals surface area contributed by atoms with Gasteiger partial charge in [0.15, 0.2) is 5.76 Å². The molecule has 0 aliphatic carbocycles. The zero-order chi connectivity index (χ0) is 16.9. The Morgan fingerprint density at radius 2 is 1.96 bits per heavy atom. The largest absolute Gasteiger partial charge is 0.451 e. The Hall–Kier alpha value is -1.81. The van der Waals surface area contributed by atoms with Gasteiger partial charge in [0.2, 0.25) is 0 Å². The van der Waals surface area contributed by atoms with Crippen LogP contribution in [0.4, 0.5) is 0 Å². The summed E-state index contributed by atoms with van der Waals surface area (Å²) in [5.74, 6) is 1.89. The van der Waals surface area contributed by atoms with E-state index in [-0.39, 0.29) is 5.91 Å². The lowest BCUT2D eigenvalue weighted by Crippen LogP contribution is -2.39. The molecule has 0 saturated carbocycles. The zero-order valence-electron chi connectivity index (χ0n) is 14.8. The molecule has 0 unspecified atom stereocenters. The van der Waals surface area contributed by atoms with Gasteiger partial charge in [-0.1, -0.05) is 32.0 Å². The van der Waals surface area contributed by atoms with Crippen molar-refractivity contribution in [2.45, 2.75) is 33.1 Å². The molecule has 3 rings (SSSR count). The maximum atomic E-state index is 12.1. The van der Waals surface area contributed by atoms with E-state index >= 15 is 0 Å². The number of amides is 1. The maximum Gasteiger partial charge on any atom is 0.287 e. The van der Waals surface area contributed by atoms with Crippen molar-refractivity contribution in [3.05, 3.63) is 36.1 Å². The lowest BCUT2D eigenvalue weighted by atomic mass is 9.92.